The quantitative estimate of drug-likeness (QED) is 0.834. The maximum atomic E-state index is 5.35. The molecule has 1 atom stereocenters. The van der Waals surface area contributed by atoms with Crippen molar-refractivity contribution < 1.29 is 4.74 Å². The Balaban J connectivity index is 1.56. The van der Waals surface area contributed by atoms with Crippen molar-refractivity contribution in [2.75, 3.05) is 58.3 Å². The molecule has 1 aromatic rings. The van der Waals surface area contributed by atoms with E-state index in [1.54, 1.807) is 19.5 Å². The second kappa shape index (κ2) is 7.45. The molecule has 2 aliphatic heterocycles. The van der Waals surface area contributed by atoms with E-state index in [0.29, 0.717) is 11.9 Å². The summed E-state index contributed by atoms with van der Waals surface area (Å²) in [6, 6.07) is 0.676. The fourth-order valence-electron chi connectivity index (χ4n) is 3.80. The molecular formula is C17H29N5O. The average molecular weight is 319 g/mol. The van der Waals surface area contributed by atoms with E-state index in [4.69, 9.17) is 4.74 Å². The van der Waals surface area contributed by atoms with Crippen LogP contribution in [0.15, 0.2) is 12.4 Å². The van der Waals surface area contributed by atoms with Crippen molar-refractivity contribution in [2.45, 2.75) is 25.8 Å². The van der Waals surface area contributed by atoms with Gasteiger partial charge in [-0.05, 0) is 32.7 Å². The van der Waals surface area contributed by atoms with Gasteiger partial charge in [0.25, 0.3) is 5.88 Å². The summed E-state index contributed by atoms with van der Waals surface area (Å²) in [6.07, 6.45) is 5.86. The summed E-state index contributed by atoms with van der Waals surface area (Å²) in [5, 5.41) is 0. The molecule has 1 unspecified atom stereocenters. The lowest BCUT2D eigenvalue weighted by atomic mass is 9.89. The SMILES string of the molecule is COc1nccnc1N1CCC(C(C)N2CCN(C)CC2)CC1. The molecule has 0 N–H and O–H groups in total. The van der Waals surface area contributed by atoms with Gasteiger partial charge in [-0.25, -0.2) is 9.97 Å². The van der Waals surface area contributed by atoms with Gasteiger partial charge in [0.15, 0.2) is 5.82 Å². The third-order valence-corrected chi connectivity index (χ3v) is 5.48. The third kappa shape index (κ3) is 3.75. The maximum absolute atomic E-state index is 5.35. The summed E-state index contributed by atoms with van der Waals surface area (Å²) in [4.78, 5) is 16.1. The van der Waals surface area contributed by atoms with Crippen molar-refractivity contribution in [3.8, 4) is 5.88 Å². The van der Waals surface area contributed by atoms with Gasteiger partial charge in [0.2, 0.25) is 0 Å². The number of anilines is 1. The van der Waals surface area contributed by atoms with Crippen molar-refractivity contribution in [1.29, 1.82) is 0 Å². The minimum absolute atomic E-state index is 0.637. The summed E-state index contributed by atoms with van der Waals surface area (Å²) < 4.78 is 5.35. The molecular weight excluding hydrogens is 290 g/mol. The molecule has 0 radical (unpaired) electrons. The fraction of sp³-hybridized carbons (Fsp3) is 0.765. The summed E-state index contributed by atoms with van der Waals surface area (Å²) in [5.74, 6) is 2.30. The van der Waals surface area contributed by atoms with E-state index in [2.05, 4.69) is 38.6 Å². The summed E-state index contributed by atoms with van der Waals surface area (Å²) in [7, 11) is 3.88. The lowest BCUT2D eigenvalue weighted by Crippen LogP contribution is -2.51. The van der Waals surface area contributed by atoms with Crippen molar-refractivity contribution in [1.82, 2.24) is 19.8 Å². The van der Waals surface area contributed by atoms with Crippen LogP contribution in [0.1, 0.15) is 19.8 Å². The van der Waals surface area contributed by atoms with Crippen LogP contribution in [0.5, 0.6) is 5.88 Å². The minimum atomic E-state index is 0.637. The molecule has 2 fully saturated rings. The molecule has 2 saturated heterocycles. The summed E-state index contributed by atoms with van der Waals surface area (Å²) >= 11 is 0. The number of aromatic nitrogens is 2. The van der Waals surface area contributed by atoms with E-state index in [1.807, 2.05) is 0 Å². The molecule has 2 aliphatic rings. The average Bonchev–Trinajstić information content (AvgIpc) is 2.62. The second-order valence-corrected chi connectivity index (χ2v) is 6.79. The number of likely N-dealkylation sites (N-methyl/N-ethyl adjacent to an activating group) is 1. The first-order chi connectivity index (χ1) is 11.2. The molecule has 6 heteroatoms. The highest BCUT2D eigenvalue weighted by Crippen LogP contribution is 2.30. The number of hydrogen-bond acceptors (Lipinski definition) is 6. The van der Waals surface area contributed by atoms with Crippen LogP contribution in [0.25, 0.3) is 0 Å². The number of methoxy groups -OCH3 is 1. The zero-order chi connectivity index (χ0) is 16.2. The van der Waals surface area contributed by atoms with Gasteiger partial charge in [-0.3, -0.25) is 4.90 Å². The normalized spacial score (nSPS) is 23.0. The fourth-order valence-corrected chi connectivity index (χ4v) is 3.80. The molecule has 3 rings (SSSR count). The Morgan fingerprint density at radius 2 is 1.70 bits per heavy atom. The number of piperidine rings is 1. The molecule has 1 aromatic heterocycles. The Morgan fingerprint density at radius 3 is 2.35 bits per heavy atom. The molecule has 23 heavy (non-hydrogen) atoms. The molecule has 0 bridgehead atoms. The molecule has 0 saturated carbocycles. The van der Waals surface area contributed by atoms with Gasteiger partial charge < -0.3 is 14.5 Å². The number of ether oxygens (including phenoxy) is 1. The van der Waals surface area contributed by atoms with Crippen LogP contribution in [-0.4, -0.2) is 79.2 Å². The Hall–Kier alpha value is -1.40. The van der Waals surface area contributed by atoms with Crippen LogP contribution < -0.4 is 9.64 Å². The van der Waals surface area contributed by atoms with Crippen LogP contribution in [0.2, 0.25) is 0 Å². The zero-order valence-corrected chi connectivity index (χ0v) is 14.6. The van der Waals surface area contributed by atoms with Crippen molar-refractivity contribution in [3.05, 3.63) is 12.4 Å². The Morgan fingerprint density at radius 1 is 1.04 bits per heavy atom. The lowest BCUT2D eigenvalue weighted by Gasteiger charge is -2.42. The van der Waals surface area contributed by atoms with Crippen LogP contribution in [0, 0.1) is 5.92 Å². The first-order valence-corrected chi connectivity index (χ1v) is 8.71. The molecule has 128 valence electrons. The van der Waals surface area contributed by atoms with Crippen LogP contribution >= 0.6 is 0 Å². The van der Waals surface area contributed by atoms with Gasteiger partial charge in [-0.15, -0.1) is 0 Å². The van der Waals surface area contributed by atoms with E-state index >= 15 is 0 Å². The van der Waals surface area contributed by atoms with E-state index in [9.17, 15) is 0 Å². The van der Waals surface area contributed by atoms with E-state index in [-0.39, 0.29) is 0 Å². The van der Waals surface area contributed by atoms with E-state index < -0.39 is 0 Å². The van der Waals surface area contributed by atoms with Crippen LogP contribution in [0.3, 0.4) is 0 Å². The second-order valence-electron chi connectivity index (χ2n) is 6.79. The molecule has 6 nitrogen and oxygen atoms in total. The first-order valence-electron chi connectivity index (χ1n) is 8.71. The highest BCUT2D eigenvalue weighted by Gasteiger charge is 2.30. The molecule has 0 amide bonds. The lowest BCUT2D eigenvalue weighted by molar-refractivity contribution is 0.0813. The number of nitrogens with zero attached hydrogens (tertiary/aromatic N) is 5. The standard InChI is InChI=1S/C17H29N5O/c1-14(21-12-10-20(2)11-13-21)15-4-8-22(9-5-15)16-17(23-3)19-7-6-18-16/h6-7,14-15H,4-5,8-13H2,1-3H3. The maximum Gasteiger partial charge on any atom is 0.257 e. The predicted octanol–water partition coefficient (Wildman–Crippen LogP) is 1.34. The van der Waals surface area contributed by atoms with Crippen molar-refractivity contribution in [2.24, 2.45) is 5.92 Å². The molecule has 3 heterocycles. The van der Waals surface area contributed by atoms with Gasteiger partial charge in [0.05, 0.1) is 7.11 Å². The number of hydrogen-bond donors (Lipinski definition) is 0. The van der Waals surface area contributed by atoms with Crippen LogP contribution in [-0.2, 0) is 0 Å². The zero-order valence-electron chi connectivity index (χ0n) is 14.6. The predicted molar refractivity (Wildman–Crippen MR) is 92.1 cm³/mol. The Bertz CT molecular complexity index is 496. The highest BCUT2D eigenvalue weighted by atomic mass is 16.5. The topological polar surface area (TPSA) is 44.7 Å². The van der Waals surface area contributed by atoms with Crippen molar-refractivity contribution in [3.63, 3.8) is 0 Å². The summed E-state index contributed by atoms with van der Waals surface area (Å²) in [5.41, 5.74) is 0. The monoisotopic (exact) mass is 319 g/mol. The van der Waals surface area contributed by atoms with Crippen molar-refractivity contribution >= 4 is 5.82 Å². The Kier molecular flexibility index (Phi) is 5.33. The van der Waals surface area contributed by atoms with Gasteiger partial charge >= 0.3 is 0 Å². The van der Waals surface area contributed by atoms with Gasteiger partial charge in [-0.2, -0.15) is 0 Å². The highest BCUT2D eigenvalue weighted by molar-refractivity contribution is 5.48. The minimum Gasteiger partial charge on any atom is -0.478 e. The Labute approximate surface area is 139 Å². The number of rotatable bonds is 4. The number of piperazine rings is 1. The molecule has 0 aromatic carbocycles. The first kappa shape index (κ1) is 16.5. The third-order valence-electron chi connectivity index (χ3n) is 5.48. The van der Waals surface area contributed by atoms with Crippen LogP contribution in [0.4, 0.5) is 5.82 Å². The van der Waals surface area contributed by atoms with E-state index in [1.165, 1.54) is 39.0 Å². The smallest absolute Gasteiger partial charge is 0.257 e. The van der Waals surface area contributed by atoms with E-state index in [0.717, 1.165) is 24.8 Å². The molecule has 0 aliphatic carbocycles. The van der Waals surface area contributed by atoms with Gasteiger partial charge in [0, 0.05) is 57.7 Å². The van der Waals surface area contributed by atoms with Gasteiger partial charge in [0.1, 0.15) is 0 Å². The summed E-state index contributed by atoms with van der Waals surface area (Å²) in [6.45, 7) is 9.29. The molecule has 0 spiro atoms. The largest absolute Gasteiger partial charge is 0.478 e. The van der Waals surface area contributed by atoms with Gasteiger partial charge in [-0.1, -0.05) is 0 Å².